The van der Waals surface area contributed by atoms with Crippen molar-refractivity contribution in [1.29, 1.82) is 0 Å². The second kappa shape index (κ2) is 4.86. The van der Waals surface area contributed by atoms with Crippen LogP contribution in [-0.2, 0) is 0 Å². The minimum absolute atomic E-state index is 0.0784. The molecule has 1 saturated heterocycles. The number of hydrogen-bond donors (Lipinski definition) is 3. The van der Waals surface area contributed by atoms with E-state index in [0.717, 1.165) is 30.6 Å². The van der Waals surface area contributed by atoms with E-state index in [-0.39, 0.29) is 18.2 Å². The maximum atomic E-state index is 11.1. The number of nitrogens with two attached hydrogens (primary N) is 1. The molecule has 5 nitrogen and oxygen atoms in total. The Labute approximate surface area is 106 Å². The summed E-state index contributed by atoms with van der Waals surface area (Å²) in [5, 5.41) is 18.5. The molecule has 1 aromatic carbocycles. The van der Waals surface area contributed by atoms with Gasteiger partial charge in [0, 0.05) is 17.9 Å². The average molecular weight is 250 g/mol. The first-order chi connectivity index (χ1) is 8.54. The molecular weight excluding hydrogens is 232 g/mol. The van der Waals surface area contributed by atoms with Crippen LogP contribution in [0.1, 0.15) is 28.8 Å². The Morgan fingerprint density at radius 2 is 2.28 bits per heavy atom. The first-order valence-electron chi connectivity index (χ1n) is 6.05. The summed E-state index contributed by atoms with van der Waals surface area (Å²) >= 11 is 0. The molecule has 0 radical (unpaired) electrons. The number of carboxylic acid groups (broad SMARTS) is 1. The van der Waals surface area contributed by atoms with Crippen molar-refractivity contribution in [3.05, 3.63) is 23.3 Å². The van der Waals surface area contributed by atoms with Crippen LogP contribution in [0.3, 0.4) is 0 Å². The van der Waals surface area contributed by atoms with Gasteiger partial charge in [-0.15, -0.1) is 0 Å². The molecule has 1 atom stereocenters. The van der Waals surface area contributed by atoms with Crippen LogP contribution in [0.25, 0.3) is 0 Å². The Morgan fingerprint density at radius 1 is 1.56 bits per heavy atom. The van der Waals surface area contributed by atoms with E-state index >= 15 is 0 Å². The highest BCUT2D eigenvalue weighted by atomic mass is 16.4. The number of benzene rings is 1. The number of rotatable bonds is 3. The molecule has 2 rings (SSSR count). The summed E-state index contributed by atoms with van der Waals surface area (Å²) in [6, 6.07) is 3.56. The molecule has 5 heteroatoms. The summed E-state index contributed by atoms with van der Waals surface area (Å²) in [7, 11) is 0. The molecule has 0 aromatic heterocycles. The van der Waals surface area contributed by atoms with E-state index in [2.05, 4.69) is 4.90 Å². The molecule has 0 bridgehead atoms. The lowest BCUT2D eigenvalue weighted by Crippen LogP contribution is -2.32. The molecule has 1 aliphatic rings. The van der Waals surface area contributed by atoms with Gasteiger partial charge in [0.15, 0.2) is 0 Å². The smallest absolute Gasteiger partial charge is 0.337 e. The SMILES string of the molecule is Cc1cc(N2CCCC2CO)cc(C(=O)O)c1N. The number of aliphatic hydroxyl groups is 1. The van der Waals surface area contributed by atoms with Gasteiger partial charge in [0.05, 0.1) is 18.2 Å². The Balaban J connectivity index is 2.42. The summed E-state index contributed by atoms with van der Waals surface area (Å²) in [5.74, 6) is -1.02. The van der Waals surface area contributed by atoms with Gasteiger partial charge in [-0.25, -0.2) is 4.79 Å². The number of carbonyl (C=O) groups is 1. The predicted octanol–water partition coefficient (Wildman–Crippen LogP) is 1.24. The van der Waals surface area contributed by atoms with Crippen LogP contribution in [0.5, 0.6) is 0 Å². The highest BCUT2D eigenvalue weighted by Crippen LogP contribution is 2.30. The first-order valence-corrected chi connectivity index (χ1v) is 6.05. The van der Waals surface area contributed by atoms with Gasteiger partial charge in [0.25, 0.3) is 0 Å². The number of carboxylic acids is 1. The standard InChI is InChI=1S/C13H18N2O3/c1-8-5-10(6-11(12(8)14)13(17)18)15-4-2-3-9(15)7-16/h5-6,9,16H,2-4,7,14H2,1H3,(H,17,18). The van der Waals surface area contributed by atoms with Crippen molar-refractivity contribution < 1.29 is 15.0 Å². The molecule has 0 spiro atoms. The summed E-state index contributed by atoms with van der Waals surface area (Å²) in [6.07, 6.45) is 1.94. The molecule has 98 valence electrons. The molecule has 1 heterocycles. The van der Waals surface area contributed by atoms with Crippen LogP contribution >= 0.6 is 0 Å². The van der Waals surface area contributed by atoms with Gasteiger partial charge in [0.1, 0.15) is 0 Å². The molecular formula is C13H18N2O3. The van der Waals surface area contributed by atoms with Crippen molar-refractivity contribution in [2.24, 2.45) is 0 Å². The second-order valence-corrected chi connectivity index (χ2v) is 4.70. The van der Waals surface area contributed by atoms with Crippen LogP contribution < -0.4 is 10.6 Å². The average Bonchev–Trinajstić information content (AvgIpc) is 2.80. The van der Waals surface area contributed by atoms with Crippen molar-refractivity contribution >= 4 is 17.3 Å². The summed E-state index contributed by atoms with van der Waals surface area (Å²) < 4.78 is 0. The second-order valence-electron chi connectivity index (χ2n) is 4.70. The summed E-state index contributed by atoms with van der Waals surface area (Å²) in [4.78, 5) is 13.2. The van der Waals surface area contributed by atoms with Gasteiger partial charge >= 0.3 is 5.97 Å². The third-order valence-electron chi connectivity index (χ3n) is 3.52. The van der Waals surface area contributed by atoms with Crippen molar-refractivity contribution in [3.8, 4) is 0 Å². The Bertz CT molecular complexity index is 474. The van der Waals surface area contributed by atoms with Crippen molar-refractivity contribution in [2.45, 2.75) is 25.8 Å². The van der Waals surface area contributed by atoms with Crippen LogP contribution in [0.4, 0.5) is 11.4 Å². The molecule has 18 heavy (non-hydrogen) atoms. The van der Waals surface area contributed by atoms with E-state index in [9.17, 15) is 9.90 Å². The molecule has 1 fully saturated rings. The highest BCUT2D eigenvalue weighted by molar-refractivity contribution is 5.95. The molecule has 1 aliphatic heterocycles. The number of aliphatic hydroxyl groups excluding tert-OH is 1. The van der Waals surface area contributed by atoms with E-state index in [4.69, 9.17) is 10.8 Å². The normalized spacial score (nSPS) is 19.2. The van der Waals surface area contributed by atoms with Gasteiger partial charge in [-0.1, -0.05) is 0 Å². The number of anilines is 2. The lowest BCUT2D eigenvalue weighted by molar-refractivity contribution is 0.0698. The summed E-state index contributed by atoms with van der Waals surface area (Å²) in [6.45, 7) is 2.73. The van der Waals surface area contributed by atoms with Crippen LogP contribution in [0.15, 0.2) is 12.1 Å². The minimum Gasteiger partial charge on any atom is -0.478 e. The molecule has 1 aromatic rings. The fourth-order valence-electron chi connectivity index (χ4n) is 2.49. The quantitative estimate of drug-likeness (QED) is 0.702. The van der Waals surface area contributed by atoms with Crippen molar-refractivity contribution in [2.75, 3.05) is 23.8 Å². The van der Waals surface area contributed by atoms with Crippen LogP contribution in [0.2, 0.25) is 0 Å². The van der Waals surface area contributed by atoms with E-state index in [1.54, 1.807) is 13.0 Å². The third-order valence-corrected chi connectivity index (χ3v) is 3.52. The Morgan fingerprint density at radius 3 is 2.89 bits per heavy atom. The van der Waals surface area contributed by atoms with Gasteiger partial charge in [0.2, 0.25) is 0 Å². The number of nitrogens with zero attached hydrogens (tertiary/aromatic N) is 1. The molecule has 0 saturated carbocycles. The van der Waals surface area contributed by atoms with Gasteiger partial charge in [-0.3, -0.25) is 0 Å². The third kappa shape index (κ3) is 2.13. The fraction of sp³-hybridized carbons (Fsp3) is 0.462. The fourth-order valence-corrected chi connectivity index (χ4v) is 2.49. The predicted molar refractivity (Wildman–Crippen MR) is 70.0 cm³/mol. The highest BCUT2D eigenvalue weighted by Gasteiger charge is 2.25. The zero-order chi connectivity index (χ0) is 13.3. The lowest BCUT2D eigenvalue weighted by Gasteiger charge is -2.26. The Kier molecular flexibility index (Phi) is 3.43. The van der Waals surface area contributed by atoms with Gasteiger partial charge in [-0.2, -0.15) is 0 Å². The number of aryl methyl sites for hydroxylation is 1. The molecule has 0 amide bonds. The maximum Gasteiger partial charge on any atom is 0.337 e. The summed E-state index contributed by atoms with van der Waals surface area (Å²) in [5.41, 5.74) is 7.80. The first kappa shape index (κ1) is 12.7. The van der Waals surface area contributed by atoms with Gasteiger partial charge in [-0.05, 0) is 37.5 Å². The molecule has 1 unspecified atom stereocenters. The van der Waals surface area contributed by atoms with E-state index in [1.807, 2.05) is 6.07 Å². The Hall–Kier alpha value is -1.75. The van der Waals surface area contributed by atoms with Crippen LogP contribution in [-0.4, -0.2) is 35.4 Å². The lowest BCUT2D eigenvalue weighted by atomic mass is 10.1. The molecule has 4 N–H and O–H groups in total. The van der Waals surface area contributed by atoms with E-state index in [0.29, 0.717) is 5.69 Å². The topological polar surface area (TPSA) is 86.8 Å². The monoisotopic (exact) mass is 250 g/mol. The van der Waals surface area contributed by atoms with Gasteiger partial charge < -0.3 is 20.8 Å². The minimum atomic E-state index is -1.02. The van der Waals surface area contributed by atoms with Crippen LogP contribution in [0, 0.1) is 6.92 Å². The van der Waals surface area contributed by atoms with Crippen molar-refractivity contribution in [3.63, 3.8) is 0 Å². The largest absolute Gasteiger partial charge is 0.478 e. The van der Waals surface area contributed by atoms with E-state index < -0.39 is 5.97 Å². The zero-order valence-corrected chi connectivity index (χ0v) is 10.4. The zero-order valence-electron chi connectivity index (χ0n) is 10.4. The number of nitrogen functional groups attached to an aromatic ring is 1. The molecule has 0 aliphatic carbocycles. The number of aromatic carboxylic acids is 1. The van der Waals surface area contributed by atoms with Crippen molar-refractivity contribution in [1.82, 2.24) is 0 Å². The number of hydrogen-bond acceptors (Lipinski definition) is 4. The van der Waals surface area contributed by atoms with E-state index in [1.165, 1.54) is 0 Å². The maximum absolute atomic E-state index is 11.1.